The maximum Gasteiger partial charge on any atom is 0.331 e. The normalized spacial score (nSPS) is 8.25. The van der Waals surface area contributed by atoms with Crippen LogP contribution >= 0.6 is 0 Å². The predicted octanol–water partition coefficient (Wildman–Crippen LogP) is -0.618. The molecule has 8 heavy (non-hydrogen) atoms. The lowest BCUT2D eigenvalue weighted by atomic mass is 10.3. The second-order valence-corrected chi connectivity index (χ2v) is 1.37. The third-order valence-electron chi connectivity index (χ3n) is 0.525. The molecule has 0 aliphatic heterocycles. The van der Waals surface area contributed by atoms with E-state index in [9.17, 15) is 9.59 Å². The van der Waals surface area contributed by atoms with E-state index >= 15 is 0 Å². The van der Waals surface area contributed by atoms with Crippen LogP contribution in [0.25, 0.3) is 0 Å². The van der Waals surface area contributed by atoms with Crippen LogP contribution in [0.4, 0.5) is 0 Å². The molecule has 4 heteroatoms. The number of carbonyl (C=O) groups excluding carboxylic acids is 2. The van der Waals surface area contributed by atoms with Crippen LogP contribution in [0.2, 0.25) is 0 Å². The van der Waals surface area contributed by atoms with E-state index in [0.717, 1.165) is 0 Å². The van der Waals surface area contributed by atoms with Gasteiger partial charge >= 0.3 is 5.97 Å². The molecule has 0 aromatic carbocycles. The van der Waals surface area contributed by atoms with Crippen molar-refractivity contribution in [3.8, 4) is 0 Å². The van der Waals surface area contributed by atoms with Crippen LogP contribution in [0.3, 0.4) is 0 Å². The van der Waals surface area contributed by atoms with Crippen molar-refractivity contribution in [3.63, 3.8) is 0 Å². The van der Waals surface area contributed by atoms with Crippen molar-refractivity contribution in [3.05, 3.63) is 0 Å². The second kappa shape index (κ2) is 3.15. The van der Waals surface area contributed by atoms with E-state index in [1.165, 1.54) is 6.92 Å². The summed E-state index contributed by atoms with van der Waals surface area (Å²) in [5.74, 6) is 3.47. The summed E-state index contributed by atoms with van der Waals surface area (Å²) >= 11 is 0. The Hall–Kier alpha value is -0.900. The Morgan fingerprint density at radius 1 is 1.62 bits per heavy atom. The number of rotatable bonds is 2. The topological polar surface area (TPSA) is 69.4 Å². The molecule has 0 fully saturated rings. The van der Waals surface area contributed by atoms with Gasteiger partial charge < -0.3 is 4.84 Å². The summed E-state index contributed by atoms with van der Waals surface area (Å²) in [6, 6.07) is 0. The first kappa shape index (κ1) is 7.10. The van der Waals surface area contributed by atoms with Crippen molar-refractivity contribution in [2.24, 2.45) is 5.90 Å². The third-order valence-corrected chi connectivity index (χ3v) is 0.525. The molecule has 0 heterocycles. The molecule has 2 N–H and O–H groups in total. The highest BCUT2D eigenvalue weighted by atomic mass is 16.7. The lowest BCUT2D eigenvalue weighted by Gasteiger charge is -1.89. The fourth-order valence-corrected chi connectivity index (χ4v) is 0.245. The minimum Gasteiger partial charge on any atom is -0.373 e. The van der Waals surface area contributed by atoms with Gasteiger partial charge in [0.1, 0.15) is 12.2 Å². The highest BCUT2D eigenvalue weighted by Crippen LogP contribution is 1.81. The molecular formula is C4H7NO3. The number of Topliss-reactive ketones (excluding diaryl/α,β-unsaturated/α-hetero) is 1. The standard InChI is InChI=1S/C4H7NO3/c1-3(6)2-4(7)8-5/h2,5H2,1H3. The zero-order valence-electron chi connectivity index (χ0n) is 4.51. The highest BCUT2D eigenvalue weighted by Gasteiger charge is 2.02. The lowest BCUT2D eigenvalue weighted by Crippen LogP contribution is -2.12. The fraction of sp³-hybridized carbons (Fsp3) is 0.500. The molecule has 0 spiro atoms. The summed E-state index contributed by atoms with van der Waals surface area (Å²) in [7, 11) is 0. The monoisotopic (exact) mass is 117 g/mol. The van der Waals surface area contributed by atoms with Crippen molar-refractivity contribution < 1.29 is 14.4 Å². The third kappa shape index (κ3) is 3.30. The van der Waals surface area contributed by atoms with Gasteiger partial charge in [-0.05, 0) is 6.92 Å². The molecule has 0 amide bonds. The van der Waals surface area contributed by atoms with Gasteiger partial charge in [0, 0.05) is 0 Å². The molecule has 0 aromatic heterocycles. The molecule has 0 bridgehead atoms. The Labute approximate surface area is 46.6 Å². The quantitative estimate of drug-likeness (QED) is 0.386. The number of nitrogens with two attached hydrogens (primary N) is 1. The summed E-state index contributed by atoms with van der Waals surface area (Å²) in [4.78, 5) is 23.8. The summed E-state index contributed by atoms with van der Waals surface area (Å²) in [6.07, 6.45) is -0.240. The predicted molar refractivity (Wildman–Crippen MR) is 25.6 cm³/mol. The number of carbonyl (C=O) groups is 2. The van der Waals surface area contributed by atoms with Crippen molar-refractivity contribution >= 4 is 11.8 Å². The largest absolute Gasteiger partial charge is 0.373 e. The van der Waals surface area contributed by atoms with Gasteiger partial charge in [0.15, 0.2) is 0 Å². The lowest BCUT2D eigenvalue weighted by molar-refractivity contribution is -0.146. The van der Waals surface area contributed by atoms with Crippen molar-refractivity contribution in [1.82, 2.24) is 0 Å². The van der Waals surface area contributed by atoms with E-state index in [4.69, 9.17) is 0 Å². The van der Waals surface area contributed by atoms with Gasteiger partial charge in [0.2, 0.25) is 0 Å². The molecule has 0 saturated heterocycles. The fourth-order valence-electron chi connectivity index (χ4n) is 0.245. The first-order chi connectivity index (χ1) is 3.66. The van der Waals surface area contributed by atoms with E-state index in [0.29, 0.717) is 0 Å². The Kier molecular flexibility index (Phi) is 2.79. The molecule has 0 aliphatic rings. The zero-order chi connectivity index (χ0) is 6.57. The van der Waals surface area contributed by atoms with Crippen LogP contribution < -0.4 is 5.90 Å². The summed E-state index contributed by atoms with van der Waals surface area (Å²) in [6.45, 7) is 1.29. The van der Waals surface area contributed by atoms with Gasteiger partial charge in [-0.3, -0.25) is 4.79 Å². The Morgan fingerprint density at radius 3 is 2.25 bits per heavy atom. The Balaban J connectivity index is 3.40. The molecule has 0 unspecified atom stereocenters. The summed E-state index contributed by atoms with van der Waals surface area (Å²) < 4.78 is 0. The number of hydrogen-bond acceptors (Lipinski definition) is 4. The van der Waals surface area contributed by atoms with E-state index in [1.807, 2.05) is 0 Å². The van der Waals surface area contributed by atoms with Crippen LogP contribution in [0, 0.1) is 0 Å². The molecule has 46 valence electrons. The molecule has 0 aromatic rings. The van der Waals surface area contributed by atoms with Crippen LogP contribution in [0.5, 0.6) is 0 Å². The zero-order valence-corrected chi connectivity index (χ0v) is 4.51. The molecule has 0 saturated carbocycles. The van der Waals surface area contributed by atoms with Gasteiger partial charge in [-0.25, -0.2) is 4.79 Å². The van der Waals surface area contributed by atoms with Gasteiger partial charge in [0.25, 0.3) is 0 Å². The second-order valence-electron chi connectivity index (χ2n) is 1.37. The Bertz CT molecular complexity index is 110. The molecule has 0 radical (unpaired) electrons. The van der Waals surface area contributed by atoms with E-state index < -0.39 is 5.97 Å². The molecular weight excluding hydrogens is 110 g/mol. The minimum atomic E-state index is -0.697. The van der Waals surface area contributed by atoms with Gasteiger partial charge in [-0.1, -0.05) is 0 Å². The highest BCUT2D eigenvalue weighted by molar-refractivity contribution is 5.93. The minimum absolute atomic E-state index is 0.240. The average molecular weight is 117 g/mol. The molecule has 0 atom stereocenters. The molecule has 0 aliphatic carbocycles. The van der Waals surface area contributed by atoms with Crippen molar-refractivity contribution in [2.45, 2.75) is 13.3 Å². The van der Waals surface area contributed by atoms with Gasteiger partial charge in [-0.15, -0.1) is 0 Å². The smallest absolute Gasteiger partial charge is 0.331 e. The van der Waals surface area contributed by atoms with Crippen molar-refractivity contribution in [1.29, 1.82) is 0 Å². The molecule has 0 rings (SSSR count). The van der Waals surface area contributed by atoms with E-state index in [2.05, 4.69) is 10.7 Å². The summed E-state index contributed by atoms with van der Waals surface area (Å²) in [5.41, 5.74) is 0. The average Bonchev–Trinajstić information content (AvgIpc) is 1.65. The summed E-state index contributed by atoms with van der Waals surface area (Å²) in [5, 5.41) is 0. The Morgan fingerprint density at radius 2 is 2.12 bits per heavy atom. The first-order valence-electron chi connectivity index (χ1n) is 2.06. The molecule has 4 nitrogen and oxygen atoms in total. The van der Waals surface area contributed by atoms with Gasteiger partial charge in [-0.2, -0.15) is 5.90 Å². The number of ketones is 1. The number of hydrogen-bond donors (Lipinski definition) is 1. The maximum atomic E-state index is 10.1. The first-order valence-corrected chi connectivity index (χ1v) is 2.06. The van der Waals surface area contributed by atoms with Crippen LogP contribution in [0.1, 0.15) is 13.3 Å². The van der Waals surface area contributed by atoms with Crippen molar-refractivity contribution in [2.75, 3.05) is 0 Å². The van der Waals surface area contributed by atoms with Crippen LogP contribution in [-0.2, 0) is 14.4 Å². The van der Waals surface area contributed by atoms with Crippen LogP contribution in [-0.4, -0.2) is 11.8 Å². The SMILES string of the molecule is CC(=O)CC(=O)ON. The van der Waals surface area contributed by atoms with Crippen LogP contribution in [0.15, 0.2) is 0 Å². The maximum absolute atomic E-state index is 10.1. The van der Waals surface area contributed by atoms with Gasteiger partial charge in [0.05, 0.1) is 0 Å². The van der Waals surface area contributed by atoms with E-state index in [-0.39, 0.29) is 12.2 Å². The van der Waals surface area contributed by atoms with E-state index in [1.54, 1.807) is 0 Å².